The smallest absolute Gasteiger partial charge is 0.250 e. The number of nitrogens with one attached hydrogen (secondary N) is 1. The van der Waals surface area contributed by atoms with Gasteiger partial charge in [0.15, 0.2) is 0 Å². The topological polar surface area (TPSA) is 69.6 Å². The molecule has 0 aromatic carbocycles. The SMILES string of the molecule is CCN(CC)CC(C)NS(=O)(=O)c1ccc(CO)s1. The average molecular weight is 306 g/mol. The number of rotatable bonds is 8. The largest absolute Gasteiger partial charge is 0.391 e. The standard InChI is InChI=1S/C12H22N2O3S2/c1-4-14(5-2)8-10(3)13-19(16,17)12-7-6-11(9-15)18-12/h6-7,10,13,15H,4-5,8-9H2,1-3H3. The monoisotopic (exact) mass is 306 g/mol. The molecule has 0 radical (unpaired) electrons. The predicted molar refractivity (Wildman–Crippen MR) is 77.8 cm³/mol. The van der Waals surface area contributed by atoms with Crippen LogP contribution in [0.2, 0.25) is 0 Å². The second-order valence-corrected chi connectivity index (χ2v) is 7.50. The Morgan fingerprint density at radius 3 is 2.47 bits per heavy atom. The Morgan fingerprint density at radius 1 is 1.37 bits per heavy atom. The molecule has 1 heterocycles. The molecule has 0 aliphatic carbocycles. The molecule has 0 bridgehead atoms. The summed E-state index contributed by atoms with van der Waals surface area (Å²) in [5.41, 5.74) is 0. The first-order valence-corrected chi connectivity index (χ1v) is 8.67. The van der Waals surface area contributed by atoms with E-state index in [-0.39, 0.29) is 16.9 Å². The molecule has 1 aromatic rings. The fourth-order valence-corrected chi connectivity index (χ4v) is 4.28. The van der Waals surface area contributed by atoms with Crippen LogP contribution in [0.25, 0.3) is 0 Å². The Morgan fingerprint density at radius 2 is 2.00 bits per heavy atom. The summed E-state index contributed by atoms with van der Waals surface area (Å²) in [6.07, 6.45) is 0. The molecule has 0 spiro atoms. The van der Waals surface area contributed by atoms with Crippen LogP contribution in [0, 0.1) is 0 Å². The summed E-state index contributed by atoms with van der Waals surface area (Å²) >= 11 is 1.10. The van der Waals surface area contributed by atoms with Crippen LogP contribution < -0.4 is 4.72 Å². The van der Waals surface area contributed by atoms with E-state index in [0.717, 1.165) is 24.4 Å². The molecule has 1 rings (SSSR count). The van der Waals surface area contributed by atoms with Gasteiger partial charge in [-0.05, 0) is 32.1 Å². The van der Waals surface area contributed by atoms with Gasteiger partial charge in [-0.25, -0.2) is 13.1 Å². The summed E-state index contributed by atoms with van der Waals surface area (Å²) in [4.78, 5) is 2.82. The first kappa shape index (κ1) is 16.6. The van der Waals surface area contributed by atoms with Crippen LogP contribution in [-0.2, 0) is 16.6 Å². The van der Waals surface area contributed by atoms with E-state index in [9.17, 15) is 8.42 Å². The normalized spacial score (nSPS) is 13.9. The number of sulfonamides is 1. The van der Waals surface area contributed by atoms with E-state index < -0.39 is 10.0 Å². The van der Waals surface area contributed by atoms with Crippen molar-refractivity contribution in [3.63, 3.8) is 0 Å². The molecule has 1 aromatic heterocycles. The minimum atomic E-state index is -3.48. The molecule has 0 aliphatic rings. The molecule has 1 unspecified atom stereocenters. The van der Waals surface area contributed by atoms with Crippen LogP contribution in [0.5, 0.6) is 0 Å². The van der Waals surface area contributed by atoms with E-state index >= 15 is 0 Å². The molecular formula is C12H22N2O3S2. The van der Waals surface area contributed by atoms with Gasteiger partial charge in [0.05, 0.1) is 6.61 Å². The summed E-state index contributed by atoms with van der Waals surface area (Å²) in [6, 6.07) is 3.02. The third-order valence-electron chi connectivity index (χ3n) is 2.84. The van der Waals surface area contributed by atoms with Gasteiger partial charge in [0.1, 0.15) is 4.21 Å². The molecule has 5 nitrogen and oxygen atoms in total. The lowest BCUT2D eigenvalue weighted by molar-refractivity contribution is 0.282. The Balaban J connectivity index is 2.68. The first-order chi connectivity index (χ1) is 8.92. The zero-order valence-electron chi connectivity index (χ0n) is 11.6. The van der Waals surface area contributed by atoms with Crippen molar-refractivity contribution in [3.8, 4) is 0 Å². The summed E-state index contributed by atoms with van der Waals surface area (Å²) in [7, 11) is -3.48. The van der Waals surface area contributed by atoms with Crippen molar-refractivity contribution in [2.24, 2.45) is 0 Å². The fraction of sp³-hybridized carbons (Fsp3) is 0.667. The van der Waals surface area contributed by atoms with Crippen LogP contribution in [0.3, 0.4) is 0 Å². The molecule has 0 aliphatic heterocycles. The predicted octanol–water partition coefficient (Wildman–Crippen LogP) is 1.25. The maximum Gasteiger partial charge on any atom is 0.250 e. The van der Waals surface area contributed by atoms with E-state index in [1.165, 1.54) is 6.07 Å². The summed E-state index contributed by atoms with van der Waals surface area (Å²) in [5, 5.41) is 8.97. The van der Waals surface area contributed by atoms with E-state index in [2.05, 4.69) is 23.5 Å². The molecule has 0 saturated heterocycles. The molecule has 19 heavy (non-hydrogen) atoms. The van der Waals surface area contributed by atoms with E-state index in [1.54, 1.807) is 6.07 Å². The van der Waals surface area contributed by atoms with Gasteiger partial charge in [-0.3, -0.25) is 0 Å². The minimum Gasteiger partial charge on any atom is -0.391 e. The van der Waals surface area contributed by atoms with Crippen LogP contribution >= 0.6 is 11.3 Å². The van der Waals surface area contributed by atoms with E-state index in [4.69, 9.17) is 5.11 Å². The van der Waals surface area contributed by atoms with Gasteiger partial charge in [0.2, 0.25) is 10.0 Å². The highest BCUT2D eigenvalue weighted by molar-refractivity contribution is 7.91. The number of hydrogen-bond donors (Lipinski definition) is 2. The Kier molecular flexibility index (Phi) is 6.41. The molecule has 1 atom stereocenters. The number of hydrogen-bond acceptors (Lipinski definition) is 5. The van der Waals surface area contributed by atoms with Crippen molar-refractivity contribution in [3.05, 3.63) is 17.0 Å². The third kappa shape index (κ3) is 4.85. The highest BCUT2D eigenvalue weighted by atomic mass is 32.2. The zero-order valence-corrected chi connectivity index (χ0v) is 13.2. The highest BCUT2D eigenvalue weighted by Crippen LogP contribution is 2.21. The lowest BCUT2D eigenvalue weighted by Gasteiger charge is -2.23. The molecule has 110 valence electrons. The second-order valence-electron chi connectivity index (χ2n) is 4.39. The molecule has 7 heteroatoms. The number of likely N-dealkylation sites (N-methyl/N-ethyl adjacent to an activating group) is 1. The Bertz CT molecular complexity index is 481. The highest BCUT2D eigenvalue weighted by Gasteiger charge is 2.20. The molecule has 0 saturated carbocycles. The maximum atomic E-state index is 12.1. The van der Waals surface area contributed by atoms with Crippen LogP contribution in [0.4, 0.5) is 0 Å². The summed E-state index contributed by atoms with van der Waals surface area (Å²) in [6.45, 7) is 8.32. The van der Waals surface area contributed by atoms with Crippen LogP contribution in [0.1, 0.15) is 25.6 Å². The van der Waals surface area contributed by atoms with Crippen molar-refractivity contribution < 1.29 is 13.5 Å². The lowest BCUT2D eigenvalue weighted by atomic mass is 10.3. The minimum absolute atomic E-state index is 0.130. The molecule has 2 N–H and O–H groups in total. The van der Waals surface area contributed by atoms with Crippen LogP contribution in [0.15, 0.2) is 16.3 Å². The number of aliphatic hydroxyl groups excluding tert-OH is 1. The second kappa shape index (κ2) is 7.35. The van der Waals surface area contributed by atoms with E-state index in [0.29, 0.717) is 11.4 Å². The number of nitrogens with zero attached hydrogens (tertiary/aromatic N) is 1. The molecule has 0 fully saturated rings. The van der Waals surface area contributed by atoms with Crippen molar-refractivity contribution in [1.82, 2.24) is 9.62 Å². The Labute approximate surface area is 119 Å². The van der Waals surface area contributed by atoms with Gasteiger partial charge in [-0.15, -0.1) is 11.3 Å². The summed E-state index contributed by atoms with van der Waals surface area (Å²) in [5.74, 6) is 0. The van der Waals surface area contributed by atoms with Crippen molar-refractivity contribution >= 4 is 21.4 Å². The maximum absolute atomic E-state index is 12.1. The third-order valence-corrected chi connectivity index (χ3v) is 5.99. The average Bonchev–Trinajstić information content (AvgIpc) is 2.84. The Hall–Kier alpha value is -0.470. The summed E-state index contributed by atoms with van der Waals surface area (Å²) < 4.78 is 27.2. The van der Waals surface area contributed by atoms with Gasteiger partial charge in [0, 0.05) is 17.5 Å². The zero-order chi connectivity index (χ0) is 14.5. The quantitative estimate of drug-likeness (QED) is 0.758. The van der Waals surface area contributed by atoms with Crippen LogP contribution in [-0.4, -0.2) is 44.1 Å². The van der Waals surface area contributed by atoms with Gasteiger partial charge >= 0.3 is 0 Å². The fourth-order valence-electron chi connectivity index (χ4n) is 1.82. The number of aliphatic hydroxyl groups is 1. The number of thiophene rings is 1. The van der Waals surface area contributed by atoms with Gasteiger partial charge in [0.25, 0.3) is 0 Å². The van der Waals surface area contributed by atoms with Crippen molar-refractivity contribution in [1.29, 1.82) is 0 Å². The van der Waals surface area contributed by atoms with Crippen molar-refractivity contribution in [2.75, 3.05) is 19.6 Å². The molecular weight excluding hydrogens is 284 g/mol. The van der Waals surface area contributed by atoms with Crippen molar-refractivity contribution in [2.45, 2.75) is 37.6 Å². The first-order valence-electron chi connectivity index (χ1n) is 6.37. The van der Waals surface area contributed by atoms with E-state index in [1.807, 2.05) is 6.92 Å². The van der Waals surface area contributed by atoms with Gasteiger partial charge in [-0.1, -0.05) is 13.8 Å². The van der Waals surface area contributed by atoms with Gasteiger partial charge in [-0.2, -0.15) is 0 Å². The van der Waals surface area contributed by atoms with Gasteiger partial charge < -0.3 is 10.0 Å². The molecule has 0 amide bonds. The lowest BCUT2D eigenvalue weighted by Crippen LogP contribution is -2.41.